The van der Waals surface area contributed by atoms with Gasteiger partial charge in [-0.25, -0.2) is 9.78 Å². The van der Waals surface area contributed by atoms with Gasteiger partial charge in [-0.2, -0.15) is 0 Å². The molecule has 0 unspecified atom stereocenters. The van der Waals surface area contributed by atoms with Crippen LogP contribution in [0.4, 0.5) is 5.13 Å². The number of hydrogen-bond donors (Lipinski definition) is 1. The first-order valence-electron chi connectivity index (χ1n) is 13.1. The lowest BCUT2D eigenvalue weighted by atomic mass is 9.94. The van der Waals surface area contributed by atoms with E-state index in [-0.39, 0.29) is 27.4 Å². The number of aliphatic hydroxyl groups is 1. The molecule has 1 amide bonds. The number of ether oxygens (including phenoxy) is 3. The average Bonchev–Trinajstić information content (AvgIpc) is 3.59. The summed E-state index contributed by atoms with van der Waals surface area (Å²) in [6, 6.07) is 11.3. The number of esters is 1. The summed E-state index contributed by atoms with van der Waals surface area (Å²) in [6.07, 6.45) is 2.51. The van der Waals surface area contributed by atoms with Gasteiger partial charge < -0.3 is 19.3 Å². The Morgan fingerprint density at radius 3 is 2.77 bits per heavy atom. The average molecular weight is 563 g/mol. The summed E-state index contributed by atoms with van der Waals surface area (Å²) in [5, 5.41) is 11.7. The molecule has 0 spiro atoms. The molecular formula is C30H30N2O7S. The second-order valence-electron chi connectivity index (χ2n) is 9.80. The van der Waals surface area contributed by atoms with Crippen molar-refractivity contribution in [1.29, 1.82) is 0 Å². The number of rotatable bonds is 8. The minimum atomic E-state index is -1.01. The SMILES string of the molecule is CCCCOc1cccc([C@H]2C(=C(O)c3ccc4c(c3)C[C@H](C)O4)C(=O)C(=O)N2c2nc(C)c(C(=O)OC)s2)c1. The Balaban J connectivity index is 1.65. The number of aliphatic hydroxyl groups excluding tert-OH is 1. The van der Waals surface area contributed by atoms with Crippen molar-refractivity contribution in [3.05, 3.63) is 75.3 Å². The van der Waals surface area contributed by atoms with Crippen LogP contribution in [0.15, 0.2) is 48.0 Å². The molecule has 10 heteroatoms. The topological polar surface area (TPSA) is 115 Å². The summed E-state index contributed by atoms with van der Waals surface area (Å²) in [6.45, 7) is 6.18. The van der Waals surface area contributed by atoms with Gasteiger partial charge in [-0.05, 0) is 61.7 Å². The number of carbonyl (C=O) groups is 3. The van der Waals surface area contributed by atoms with Crippen LogP contribution in [0.2, 0.25) is 0 Å². The maximum Gasteiger partial charge on any atom is 0.350 e. The normalized spacial score (nSPS) is 19.4. The molecule has 5 rings (SSSR count). The van der Waals surface area contributed by atoms with Crippen LogP contribution < -0.4 is 14.4 Å². The van der Waals surface area contributed by atoms with Gasteiger partial charge in [0.05, 0.1) is 31.0 Å². The minimum Gasteiger partial charge on any atom is -0.507 e. The fraction of sp³-hybridized carbons (Fsp3) is 0.333. The molecule has 1 fully saturated rings. The molecule has 3 heterocycles. The molecule has 0 bridgehead atoms. The maximum absolute atomic E-state index is 13.6. The third-order valence-corrected chi connectivity index (χ3v) is 8.05. The van der Waals surface area contributed by atoms with Crippen molar-refractivity contribution >= 4 is 39.9 Å². The van der Waals surface area contributed by atoms with Gasteiger partial charge in [0.15, 0.2) is 5.13 Å². The van der Waals surface area contributed by atoms with Crippen LogP contribution in [-0.2, 0) is 20.7 Å². The van der Waals surface area contributed by atoms with Crippen molar-refractivity contribution in [2.45, 2.75) is 52.2 Å². The molecule has 1 saturated heterocycles. The highest BCUT2D eigenvalue weighted by molar-refractivity contribution is 7.17. The van der Waals surface area contributed by atoms with Crippen LogP contribution in [0.3, 0.4) is 0 Å². The van der Waals surface area contributed by atoms with Crippen molar-refractivity contribution in [2.24, 2.45) is 0 Å². The molecule has 208 valence electrons. The Labute approximate surface area is 236 Å². The van der Waals surface area contributed by atoms with Crippen LogP contribution in [0.5, 0.6) is 11.5 Å². The van der Waals surface area contributed by atoms with E-state index in [1.54, 1.807) is 49.4 Å². The van der Waals surface area contributed by atoms with Gasteiger partial charge in [0.25, 0.3) is 5.78 Å². The van der Waals surface area contributed by atoms with E-state index >= 15 is 0 Å². The van der Waals surface area contributed by atoms with Gasteiger partial charge in [-0.1, -0.05) is 36.8 Å². The Morgan fingerprint density at radius 1 is 1.23 bits per heavy atom. The fourth-order valence-corrected chi connectivity index (χ4v) is 5.96. The second kappa shape index (κ2) is 11.1. The molecule has 0 aliphatic carbocycles. The first kappa shape index (κ1) is 27.4. The van der Waals surface area contributed by atoms with Gasteiger partial charge in [0.1, 0.15) is 28.2 Å². The van der Waals surface area contributed by atoms with E-state index in [2.05, 4.69) is 11.9 Å². The molecule has 9 nitrogen and oxygen atoms in total. The third kappa shape index (κ3) is 4.95. The highest BCUT2D eigenvalue weighted by Gasteiger charge is 2.48. The third-order valence-electron chi connectivity index (χ3n) is 6.92. The van der Waals surface area contributed by atoms with Crippen LogP contribution in [-0.4, -0.2) is 47.6 Å². The number of hydrogen-bond acceptors (Lipinski definition) is 9. The standard InChI is InChI=1S/C30H30N2O7S/c1-5-6-12-38-21-9-7-8-18(15-21)24-23(25(33)19-10-11-22-20(14-19)13-16(2)39-22)26(34)28(35)32(24)30-31-17(3)27(40-30)29(36)37-4/h7-11,14-16,24,33H,5-6,12-13H2,1-4H3/t16-,24-/m0/s1. The monoisotopic (exact) mass is 562 g/mol. The van der Waals surface area contributed by atoms with Crippen molar-refractivity contribution in [3.63, 3.8) is 0 Å². The number of unbranched alkanes of at least 4 members (excludes halogenated alkanes) is 1. The fourth-order valence-electron chi connectivity index (χ4n) is 4.95. The largest absolute Gasteiger partial charge is 0.507 e. The molecule has 0 radical (unpaired) electrons. The molecule has 0 saturated carbocycles. The van der Waals surface area contributed by atoms with E-state index in [4.69, 9.17) is 14.2 Å². The Morgan fingerprint density at radius 2 is 2.02 bits per heavy atom. The number of thiazole rings is 1. The molecule has 40 heavy (non-hydrogen) atoms. The summed E-state index contributed by atoms with van der Waals surface area (Å²) in [5.74, 6) is -1.29. The number of ketones is 1. The van der Waals surface area contributed by atoms with Gasteiger partial charge >= 0.3 is 11.9 Å². The van der Waals surface area contributed by atoms with E-state index in [1.165, 1.54) is 12.0 Å². The maximum atomic E-state index is 13.6. The number of aromatic nitrogens is 1. The first-order chi connectivity index (χ1) is 19.2. The number of aryl methyl sites for hydroxylation is 1. The van der Waals surface area contributed by atoms with E-state index in [9.17, 15) is 19.5 Å². The van der Waals surface area contributed by atoms with Gasteiger partial charge in [0.2, 0.25) is 0 Å². The molecule has 1 N–H and O–H groups in total. The minimum absolute atomic E-state index is 0.00516. The quantitative estimate of drug-likeness (QED) is 0.128. The van der Waals surface area contributed by atoms with E-state index in [0.717, 1.165) is 35.5 Å². The second-order valence-corrected chi connectivity index (χ2v) is 10.8. The van der Waals surface area contributed by atoms with Crippen molar-refractivity contribution in [1.82, 2.24) is 4.98 Å². The summed E-state index contributed by atoms with van der Waals surface area (Å²) in [5.41, 5.74) is 2.17. The highest BCUT2D eigenvalue weighted by Crippen LogP contribution is 2.45. The molecule has 2 aromatic carbocycles. The van der Waals surface area contributed by atoms with E-state index in [1.807, 2.05) is 6.92 Å². The number of fused-ring (bicyclic) bond motifs is 1. The molecule has 1 aromatic heterocycles. The predicted octanol–water partition coefficient (Wildman–Crippen LogP) is 5.37. The number of anilines is 1. The van der Waals surface area contributed by atoms with Crippen molar-refractivity contribution < 1.29 is 33.7 Å². The summed E-state index contributed by atoms with van der Waals surface area (Å²) in [4.78, 5) is 45.3. The molecule has 2 aliphatic heterocycles. The number of methoxy groups -OCH3 is 1. The first-order valence-corrected chi connectivity index (χ1v) is 13.9. The smallest absolute Gasteiger partial charge is 0.350 e. The molecular weight excluding hydrogens is 532 g/mol. The van der Waals surface area contributed by atoms with Crippen molar-refractivity contribution in [2.75, 3.05) is 18.6 Å². The Bertz CT molecular complexity index is 1530. The number of Topliss-reactive ketones (excluding diaryl/α,β-unsaturated/α-hetero) is 1. The zero-order valence-corrected chi connectivity index (χ0v) is 23.5. The van der Waals surface area contributed by atoms with Crippen molar-refractivity contribution in [3.8, 4) is 11.5 Å². The number of benzene rings is 2. The predicted molar refractivity (Wildman–Crippen MR) is 150 cm³/mol. The number of nitrogens with zero attached hydrogens (tertiary/aromatic N) is 2. The zero-order chi connectivity index (χ0) is 28.6. The molecule has 2 atom stereocenters. The number of amides is 1. The molecule has 3 aromatic rings. The number of carbonyl (C=O) groups excluding carboxylic acids is 3. The Kier molecular flexibility index (Phi) is 7.62. The molecule has 2 aliphatic rings. The van der Waals surface area contributed by atoms with Crippen LogP contribution in [0.25, 0.3) is 5.76 Å². The van der Waals surface area contributed by atoms with Gasteiger partial charge in [-0.3, -0.25) is 14.5 Å². The lowest BCUT2D eigenvalue weighted by Crippen LogP contribution is -2.29. The van der Waals surface area contributed by atoms with E-state index in [0.29, 0.717) is 35.6 Å². The van der Waals surface area contributed by atoms with E-state index < -0.39 is 23.7 Å². The van der Waals surface area contributed by atoms with Gasteiger partial charge in [-0.15, -0.1) is 0 Å². The van der Waals surface area contributed by atoms with Gasteiger partial charge in [0, 0.05) is 12.0 Å². The highest BCUT2D eigenvalue weighted by atomic mass is 32.1. The summed E-state index contributed by atoms with van der Waals surface area (Å²) < 4.78 is 16.5. The van der Waals surface area contributed by atoms with Crippen LogP contribution in [0, 0.1) is 6.92 Å². The Hall–Kier alpha value is -4.18. The summed E-state index contributed by atoms with van der Waals surface area (Å²) >= 11 is 0.956. The zero-order valence-electron chi connectivity index (χ0n) is 22.7. The van der Waals surface area contributed by atoms with Crippen LogP contribution >= 0.6 is 11.3 Å². The van der Waals surface area contributed by atoms with Crippen LogP contribution in [0.1, 0.15) is 64.8 Å². The summed E-state index contributed by atoms with van der Waals surface area (Å²) in [7, 11) is 1.26. The lowest BCUT2D eigenvalue weighted by Gasteiger charge is -2.23. The lowest BCUT2D eigenvalue weighted by molar-refractivity contribution is -0.132.